The van der Waals surface area contributed by atoms with Crippen molar-refractivity contribution in [2.75, 3.05) is 20.3 Å². The van der Waals surface area contributed by atoms with Crippen LogP contribution in [0.15, 0.2) is 11.3 Å². The van der Waals surface area contributed by atoms with Crippen LogP contribution in [0.2, 0.25) is 0 Å². The van der Waals surface area contributed by atoms with Crippen molar-refractivity contribution in [2.45, 2.75) is 6.92 Å². The molecule has 1 unspecified atom stereocenters. The maximum absolute atomic E-state index is 11.7. The summed E-state index contributed by atoms with van der Waals surface area (Å²) in [4.78, 5) is 11.3. The minimum atomic E-state index is -3.54. The molecule has 0 aromatic heterocycles. The van der Waals surface area contributed by atoms with Gasteiger partial charge >= 0.3 is 13.8 Å². The second-order valence-corrected chi connectivity index (χ2v) is 4.98. The van der Waals surface area contributed by atoms with E-state index in [1.54, 1.807) is 6.92 Å². The third kappa shape index (κ3) is 1.80. The van der Waals surface area contributed by atoms with Crippen LogP contribution in [0.5, 0.6) is 0 Å². The van der Waals surface area contributed by atoms with Crippen molar-refractivity contribution < 1.29 is 27.7 Å². The highest BCUT2D eigenvalue weighted by atomic mass is 31.2. The molecule has 0 bridgehead atoms. The van der Waals surface area contributed by atoms with Crippen molar-refractivity contribution in [3.05, 3.63) is 11.3 Å². The molecule has 2 heterocycles. The van der Waals surface area contributed by atoms with Crippen LogP contribution in [-0.4, -0.2) is 26.3 Å². The first kappa shape index (κ1) is 10.7. The lowest BCUT2D eigenvalue weighted by Crippen LogP contribution is -2.09. The van der Waals surface area contributed by atoms with Gasteiger partial charge in [-0.05, 0) is 6.92 Å². The Morgan fingerprint density at radius 2 is 2.20 bits per heavy atom. The fraction of sp³-hybridized carbons (Fsp3) is 0.625. The zero-order chi connectivity index (χ0) is 11.1. The Bertz CT molecular complexity index is 373. The van der Waals surface area contributed by atoms with Gasteiger partial charge in [-0.3, -0.25) is 9.05 Å². The van der Waals surface area contributed by atoms with Gasteiger partial charge in [0.15, 0.2) is 0 Å². The van der Waals surface area contributed by atoms with Gasteiger partial charge in [0, 0.05) is 7.11 Å². The summed E-state index contributed by atoms with van der Waals surface area (Å²) in [6.07, 6.45) is 0. The SMILES string of the molecule is CO[P@@]1(=O)OCC2COC(=O)C2=C(C)O1. The number of esters is 1. The molecule has 2 rings (SSSR count). The fourth-order valence-electron chi connectivity index (χ4n) is 1.58. The van der Waals surface area contributed by atoms with E-state index in [0.717, 1.165) is 0 Å². The number of allylic oxidation sites excluding steroid dienone is 1. The summed E-state index contributed by atoms with van der Waals surface area (Å²) in [5.41, 5.74) is 0.393. The minimum Gasteiger partial charge on any atom is -0.461 e. The highest BCUT2D eigenvalue weighted by molar-refractivity contribution is 7.48. The third-order valence-corrected chi connectivity index (χ3v) is 3.74. The molecule has 0 amide bonds. The second-order valence-electron chi connectivity index (χ2n) is 3.28. The predicted octanol–water partition coefficient (Wildman–Crippen LogP) is 1.23. The zero-order valence-electron chi connectivity index (χ0n) is 8.39. The first-order valence-electron chi connectivity index (χ1n) is 4.43. The maximum atomic E-state index is 11.7. The predicted molar refractivity (Wildman–Crippen MR) is 48.8 cm³/mol. The standard InChI is InChI=1S/C8H11O6P/c1-5-7-6(3-12-8(7)9)4-13-15(10,11-2)14-5/h6H,3-4H2,1-2H3/t6?,15-/m0/s1. The number of phosphoric acid groups is 1. The summed E-state index contributed by atoms with van der Waals surface area (Å²) < 4.78 is 31.2. The van der Waals surface area contributed by atoms with Crippen LogP contribution in [-0.2, 0) is 27.7 Å². The molecule has 15 heavy (non-hydrogen) atoms. The quantitative estimate of drug-likeness (QED) is 0.502. The van der Waals surface area contributed by atoms with Gasteiger partial charge in [0.25, 0.3) is 0 Å². The number of cyclic esters (lactones) is 1. The lowest BCUT2D eigenvalue weighted by Gasteiger charge is -2.14. The maximum Gasteiger partial charge on any atom is 0.529 e. The van der Waals surface area contributed by atoms with Crippen molar-refractivity contribution in [3.63, 3.8) is 0 Å². The smallest absolute Gasteiger partial charge is 0.461 e. The summed E-state index contributed by atoms with van der Waals surface area (Å²) in [5, 5.41) is 0. The number of carbonyl (C=O) groups is 1. The highest BCUT2D eigenvalue weighted by Gasteiger charge is 2.41. The minimum absolute atomic E-state index is 0.101. The number of phosphoric ester groups is 1. The number of fused-ring (bicyclic) bond motifs is 1. The van der Waals surface area contributed by atoms with Crippen LogP contribution in [0.4, 0.5) is 0 Å². The molecule has 0 spiro atoms. The molecule has 1 fully saturated rings. The Morgan fingerprint density at radius 3 is 2.87 bits per heavy atom. The zero-order valence-corrected chi connectivity index (χ0v) is 9.28. The molecule has 2 aliphatic heterocycles. The highest BCUT2D eigenvalue weighted by Crippen LogP contribution is 2.54. The van der Waals surface area contributed by atoms with Crippen molar-refractivity contribution in [2.24, 2.45) is 5.92 Å². The van der Waals surface area contributed by atoms with E-state index in [0.29, 0.717) is 5.57 Å². The van der Waals surface area contributed by atoms with E-state index in [-0.39, 0.29) is 24.9 Å². The van der Waals surface area contributed by atoms with Gasteiger partial charge in [-0.1, -0.05) is 0 Å². The summed E-state index contributed by atoms with van der Waals surface area (Å²) in [5.74, 6) is -0.403. The number of hydrogen-bond donors (Lipinski definition) is 0. The average Bonchev–Trinajstić information content (AvgIpc) is 2.50. The summed E-state index contributed by atoms with van der Waals surface area (Å²) in [6, 6.07) is 0. The molecule has 0 aromatic carbocycles. The molecule has 2 aliphatic rings. The summed E-state index contributed by atoms with van der Waals surface area (Å²) in [6.45, 7) is 1.89. The van der Waals surface area contributed by atoms with Crippen LogP contribution < -0.4 is 0 Å². The summed E-state index contributed by atoms with van der Waals surface area (Å²) >= 11 is 0. The largest absolute Gasteiger partial charge is 0.529 e. The van der Waals surface area contributed by atoms with Gasteiger partial charge in [0.05, 0.1) is 18.1 Å². The molecule has 0 N–H and O–H groups in total. The van der Waals surface area contributed by atoms with Crippen molar-refractivity contribution in [1.29, 1.82) is 0 Å². The Balaban J connectivity index is 2.35. The molecule has 0 aromatic rings. The number of rotatable bonds is 1. The first-order valence-corrected chi connectivity index (χ1v) is 5.89. The molecule has 84 valence electrons. The molecule has 2 atom stereocenters. The van der Waals surface area contributed by atoms with E-state index in [2.05, 4.69) is 4.52 Å². The van der Waals surface area contributed by atoms with Crippen molar-refractivity contribution >= 4 is 13.8 Å². The second kappa shape index (κ2) is 3.63. The van der Waals surface area contributed by atoms with Crippen molar-refractivity contribution in [3.8, 4) is 0 Å². The van der Waals surface area contributed by atoms with Gasteiger partial charge in [-0.15, -0.1) is 0 Å². The fourth-order valence-corrected chi connectivity index (χ4v) is 2.61. The molecular weight excluding hydrogens is 223 g/mol. The van der Waals surface area contributed by atoms with Crippen LogP contribution in [0.1, 0.15) is 6.92 Å². The molecule has 7 heteroatoms. The Hall–Kier alpha value is -0.840. The van der Waals surface area contributed by atoms with E-state index >= 15 is 0 Å². The summed E-state index contributed by atoms with van der Waals surface area (Å²) in [7, 11) is -2.31. The normalized spacial score (nSPS) is 35.6. The molecule has 0 aliphatic carbocycles. The molecule has 1 saturated heterocycles. The van der Waals surface area contributed by atoms with Gasteiger partial charge in [-0.2, -0.15) is 0 Å². The Kier molecular flexibility index (Phi) is 2.58. The average molecular weight is 234 g/mol. The van der Waals surface area contributed by atoms with Crippen LogP contribution in [0.25, 0.3) is 0 Å². The van der Waals surface area contributed by atoms with Gasteiger partial charge in [-0.25, -0.2) is 9.36 Å². The monoisotopic (exact) mass is 234 g/mol. The number of hydrogen-bond acceptors (Lipinski definition) is 6. The van der Waals surface area contributed by atoms with E-state index in [9.17, 15) is 9.36 Å². The Labute approximate surface area is 86.8 Å². The molecule has 6 nitrogen and oxygen atoms in total. The van der Waals surface area contributed by atoms with E-state index < -0.39 is 13.8 Å². The topological polar surface area (TPSA) is 71.1 Å². The lowest BCUT2D eigenvalue weighted by atomic mass is 10.0. The molecule has 0 radical (unpaired) electrons. The number of ether oxygens (including phenoxy) is 1. The Morgan fingerprint density at radius 1 is 1.47 bits per heavy atom. The van der Waals surface area contributed by atoms with Crippen LogP contribution in [0.3, 0.4) is 0 Å². The van der Waals surface area contributed by atoms with Crippen LogP contribution in [0, 0.1) is 5.92 Å². The van der Waals surface area contributed by atoms with Gasteiger partial charge in [0.2, 0.25) is 0 Å². The van der Waals surface area contributed by atoms with Gasteiger partial charge in [0.1, 0.15) is 12.4 Å². The lowest BCUT2D eigenvalue weighted by molar-refractivity contribution is -0.135. The number of carbonyl (C=O) groups excluding carboxylic acids is 1. The van der Waals surface area contributed by atoms with E-state index in [1.165, 1.54) is 7.11 Å². The first-order chi connectivity index (χ1) is 7.06. The van der Waals surface area contributed by atoms with Gasteiger partial charge < -0.3 is 9.26 Å². The van der Waals surface area contributed by atoms with E-state index in [4.69, 9.17) is 13.8 Å². The third-order valence-electron chi connectivity index (χ3n) is 2.33. The molecule has 0 saturated carbocycles. The molecular formula is C8H11O6P. The van der Waals surface area contributed by atoms with E-state index in [1.807, 2.05) is 0 Å². The van der Waals surface area contributed by atoms with Crippen LogP contribution >= 0.6 is 7.82 Å². The van der Waals surface area contributed by atoms with Crippen molar-refractivity contribution in [1.82, 2.24) is 0 Å².